The summed E-state index contributed by atoms with van der Waals surface area (Å²) in [6.45, 7) is 5.72. The maximum absolute atomic E-state index is 13.3. The molecule has 1 aliphatic heterocycles. The number of morpholine rings is 1. The molecular formula is C21H22F3N5O. The Bertz CT molecular complexity index is 1050. The van der Waals surface area contributed by atoms with Crippen LogP contribution in [0.3, 0.4) is 0 Å². The molecule has 3 heterocycles. The fourth-order valence-corrected chi connectivity index (χ4v) is 3.54. The van der Waals surface area contributed by atoms with E-state index in [1.807, 2.05) is 18.7 Å². The smallest absolute Gasteiger partial charge is 0.372 e. The van der Waals surface area contributed by atoms with Crippen LogP contribution in [0, 0.1) is 0 Å². The topological polar surface area (TPSA) is 63.2 Å². The van der Waals surface area contributed by atoms with Gasteiger partial charge in [-0.25, -0.2) is 4.98 Å². The average molecular weight is 417 g/mol. The SMILES string of the molecule is CC1(C)CN(c2nc(NCc3ccccc3C(F)(F)F)c3cccnc3n2)CCO1. The number of ether oxygens (including phenoxy) is 1. The number of benzene rings is 1. The van der Waals surface area contributed by atoms with Gasteiger partial charge >= 0.3 is 6.18 Å². The van der Waals surface area contributed by atoms with E-state index in [4.69, 9.17) is 4.74 Å². The van der Waals surface area contributed by atoms with Crippen LogP contribution in [0.25, 0.3) is 11.0 Å². The monoisotopic (exact) mass is 417 g/mol. The first-order chi connectivity index (χ1) is 14.2. The van der Waals surface area contributed by atoms with Gasteiger partial charge < -0.3 is 15.0 Å². The van der Waals surface area contributed by atoms with Gasteiger partial charge in [-0.15, -0.1) is 0 Å². The van der Waals surface area contributed by atoms with Gasteiger partial charge in [0.1, 0.15) is 5.82 Å². The van der Waals surface area contributed by atoms with E-state index in [1.165, 1.54) is 12.1 Å². The van der Waals surface area contributed by atoms with Crippen molar-refractivity contribution < 1.29 is 17.9 Å². The lowest BCUT2D eigenvalue weighted by Crippen LogP contribution is -2.49. The summed E-state index contributed by atoms with van der Waals surface area (Å²) < 4.78 is 45.7. The number of anilines is 2. The Balaban J connectivity index is 1.67. The third-order valence-electron chi connectivity index (χ3n) is 4.94. The molecule has 0 unspecified atom stereocenters. The molecule has 0 aliphatic carbocycles. The average Bonchev–Trinajstić information content (AvgIpc) is 2.70. The largest absolute Gasteiger partial charge is 0.416 e. The summed E-state index contributed by atoms with van der Waals surface area (Å²) in [5, 5.41) is 3.72. The van der Waals surface area contributed by atoms with Crippen LogP contribution in [0.4, 0.5) is 24.9 Å². The Morgan fingerprint density at radius 3 is 2.70 bits per heavy atom. The number of rotatable bonds is 4. The first-order valence-corrected chi connectivity index (χ1v) is 9.64. The molecule has 3 aromatic rings. The lowest BCUT2D eigenvalue weighted by molar-refractivity contribution is -0.138. The van der Waals surface area contributed by atoms with Gasteiger partial charge in [-0.05, 0) is 37.6 Å². The number of nitrogens with one attached hydrogen (secondary N) is 1. The molecule has 158 valence electrons. The van der Waals surface area contributed by atoms with Crippen molar-refractivity contribution in [2.75, 3.05) is 29.9 Å². The lowest BCUT2D eigenvalue weighted by atomic mass is 10.1. The minimum Gasteiger partial charge on any atom is -0.372 e. The van der Waals surface area contributed by atoms with E-state index >= 15 is 0 Å². The Hall–Kier alpha value is -2.94. The minimum absolute atomic E-state index is 0.0231. The van der Waals surface area contributed by atoms with E-state index in [0.717, 1.165) is 6.07 Å². The van der Waals surface area contributed by atoms with Crippen molar-refractivity contribution in [2.24, 2.45) is 0 Å². The molecule has 6 nitrogen and oxygen atoms in total. The van der Waals surface area contributed by atoms with Gasteiger partial charge in [-0.2, -0.15) is 23.1 Å². The number of aromatic nitrogens is 3. The van der Waals surface area contributed by atoms with Gasteiger partial charge in [0.05, 0.1) is 23.2 Å². The van der Waals surface area contributed by atoms with Crippen LogP contribution in [0.2, 0.25) is 0 Å². The van der Waals surface area contributed by atoms with Crippen LogP contribution >= 0.6 is 0 Å². The number of halogens is 3. The van der Waals surface area contributed by atoms with Gasteiger partial charge in [0.25, 0.3) is 0 Å². The standard InChI is InChI=1S/C21H22F3N5O/c1-20(2)13-29(10-11-30-20)19-27-17-15(7-5-9-25-17)18(28-19)26-12-14-6-3-4-8-16(14)21(22,23)24/h3-9H,10-13H2,1-2H3,(H,25,26,27,28). The molecule has 1 N–H and O–H groups in total. The predicted octanol–water partition coefficient (Wildman–Crippen LogP) is 4.27. The molecular weight excluding hydrogens is 395 g/mol. The van der Waals surface area contributed by atoms with Crippen molar-refractivity contribution in [3.05, 3.63) is 53.7 Å². The molecule has 0 amide bonds. The third kappa shape index (κ3) is 4.30. The lowest BCUT2D eigenvalue weighted by Gasteiger charge is -2.38. The zero-order valence-electron chi connectivity index (χ0n) is 16.7. The normalized spacial score (nSPS) is 16.6. The van der Waals surface area contributed by atoms with Gasteiger partial charge in [-0.1, -0.05) is 18.2 Å². The Kier molecular flexibility index (Phi) is 5.23. The molecule has 9 heteroatoms. The molecule has 2 aromatic heterocycles. The summed E-state index contributed by atoms with van der Waals surface area (Å²) in [4.78, 5) is 15.5. The van der Waals surface area contributed by atoms with Crippen LogP contribution < -0.4 is 10.2 Å². The highest BCUT2D eigenvalue weighted by atomic mass is 19.4. The number of alkyl halides is 3. The molecule has 30 heavy (non-hydrogen) atoms. The van der Waals surface area contributed by atoms with E-state index in [2.05, 4.69) is 20.3 Å². The number of hydrogen-bond acceptors (Lipinski definition) is 6. The van der Waals surface area contributed by atoms with E-state index in [0.29, 0.717) is 42.5 Å². The van der Waals surface area contributed by atoms with E-state index < -0.39 is 11.7 Å². The van der Waals surface area contributed by atoms with Crippen LogP contribution in [0.15, 0.2) is 42.6 Å². The van der Waals surface area contributed by atoms with Crippen molar-refractivity contribution >= 4 is 22.8 Å². The first-order valence-electron chi connectivity index (χ1n) is 9.64. The summed E-state index contributed by atoms with van der Waals surface area (Å²) in [6.07, 6.45) is -2.79. The molecule has 1 saturated heterocycles. The highest BCUT2D eigenvalue weighted by Gasteiger charge is 2.33. The Labute approximate surface area is 172 Å². The Morgan fingerprint density at radius 1 is 1.13 bits per heavy atom. The second-order valence-electron chi connectivity index (χ2n) is 7.78. The van der Waals surface area contributed by atoms with Gasteiger partial charge in [-0.3, -0.25) is 0 Å². The van der Waals surface area contributed by atoms with Crippen LogP contribution in [-0.4, -0.2) is 40.2 Å². The summed E-state index contributed by atoms with van der Waals surface area (Å²) in [7, 11) is 0. The van der Waals surface area contributed by atoms with Gasteiger partial charge in [0.15, 0.2) is 5.65 Å². The molecule has 1 aliphatic rings. The summed E-state index contributed by atoms with van der Waals surface area (Å²) in [5.74, 6) is 0.925. The quantitative estimate of drug-likeness (QED) is 0.684. The van der Waals surface area contributed by atoms with Crippen molar-refractivity contribution in [1.82, 2.24) is 15.0 Å². The zero-order valence-corrected chi connectivity index (χ0v) is 16.7. The fraction of sp³-hybridized carbons (Fsp3) is 0.381. The molecule has 0 saturated carbocycles. The highest BCUT2D eigenvalue weighted by molar-refractivity contribution is 5.87. The molecule has 0 spiro atoms. The molecule has 0 radical (unpaired) electrons. The summed E-state index contributed by atoms with van der Waals surface area (Å²) in [6, 6.07) is 9.06. The maximum Gasteiger partial charge on any atom is 0.416 e. The fourth-order valence-electron chi connectivity index (χ4n) is 3.54. The molecule has 1 aromatic carbocycles. The van der Waals surface area contributed by atoms with Gasteiger partial charge in [0.2, 0.25) is 5.95 Å². The van der Waals surface area contributed by atoms with Crippen molar-refractivity contribution in [3.63, 3.8) is 0 Å². The summed E-state index contributed by atoms with van der Waals surface area (Å²) >= 11 is 0. The molecule has 4 rings (SSSR count). The Morgan fingerprint density at radius 2 is 1.93 bits per heavy atom. The predicted molar refractivity (Wildman–Crippen MR) is 108 cm³/mol. The van der Waals surface area contributed by atoms with Crippen LogP contribution in [0.5, 0.6) is 0 Å². The zero-order chi connectivity index (χ0) is 21.4. The molecule has 1 fully saturated rings. The minimum atomic E-state index is -4.42. The highest BCUT2D eigenvalue weighted by Crippen LogP contribution is 2.32. The molecule has 0 bridgehead atoms. The van der Waals surface area contributed by atoms with Gasteiger partial charge in [0, 0.05) is 25.8 Å². The van der Waals surface area contributed by atoms with Crippen LogP contribution in [-0.2, 0) is 17.5 Å². The third-order valence-corrected chi connectivity index (χ3v) is 4.94. The van der Waals surface area contributed by atoms with Crippen molar-refractivity contribution in [2.45, 2.75) is 32.2 Å². The maximum atomic E-state index is 13.3. The number of fused-ring (bicyclic) bond motifs is 1. The summed E-state index contributed by atoms with van der Waals surface area (Å²) in [5.41, 5.74) is -0.378. The first kappa shape index (κ1) is 20.3. The number of pyridine rings is 1. The second kappa shape index (κ2) is 7.71. The van der Waals surface area contributed by atoms with Crippen molar-refractivity contribution in [1.29, 1.82) is 0 Å². The van der Waals surface area contributed by atoms with E-state index in [-0.39, 0.29) is 17.7 Å². The number of hydrogen-bond donors (Lipinski definition) is 1. The second-order valence-corrected chi connectivity index (χ2v) is 7.78. The van der Waals surface area contributed by atoms with E-state index in [9.17, 15) is 13.2 Å². The number of nitrogens with zero attached hydrogens (tertiary/aromatic N) is 4. The van der Waals surface area contributed by atoms with Crippen molar-refractivity contribution in [3.8, 4) is 0 Å². The van der Waals surface area contributed by atoms with E-state index in [1.54, 1.807) is 24.4 Å². The molecule has 0 atom stereocenters. The van der Waals surface area contributed by atoms with Crippen LogP contribution in [0.1, 0.15) is 25.0 Å².